The molecule has 1 rings (SSSR count). The molecule has 1 aromatic carbocycles. The molecule has 0 N–H and O–H groups in total. The summed E-state index contributed by atoms with van der Waals surface area (Å²) in [6, 6.07) is 9.23. The molecular formula is C29H50O4. The SMILES string of the molecule is CCCCCCCCCCCCCCCCCCCOC(=O)C(OCC)Oc1ccccc1. The van der Waals surface area contributed by atoms with E-state index in [1.54, 1.807) is 12.1 Å². The van der Waals surface area contributed by atoms with E-state index in [2.05, 4.69) is 6.92 Å². The number of benzene rings is 1. The Balaban J connectivity index is 1.88. The lowest BCUT2D eigenvalue weighted by molar-refractivity contribution is -0.177. The van der Waals surface area contributed by atoms with Gasteiger partial charge in [0.1, 0.15) is 5.75 Å². The Morgan fingerprint density at radius 3 is 1.58 bits per heavy atom. The van der Waals surface area contributed by atoms with E-state index < -0.39 is 12.3 Å². The van der Waals surface area contributed by atoms with Gasteiger partial charge < -0.3 is 14.2 Å². The summed E-state index contributed by atoms with van der Waals surface area (Å²) in [4.78, 5) is 12.2. The topological polar surface area (TPSA) is 44.8 Å². The number of unbranched alkanes of at least 4 members (excludes halogenated alkanes) is 16. The number of carbonyl (C=O) groups excluding carboxylic acids is 1. The molecule has 0 amide bonds. The van der Waals surface area contributed by atoms with Crippen molar-refractivity contribution >= 4 is 5.97 Å². The van der Waals surface area contributed by atoms with Crippen LogP contribution in [0.15, 0.2) is 30.3 Å². The van der Waals surface area contributed by atoms with Gasteiger partial charge in [-0.1, -0.05) is 128 Å². The maximum atomic E-state index is 12.2. The molecule has 0 aliphatic rings. The van der Waals surface area contributed by atoms with Crippen molar-refractivity contribution in [2.75, 3.05) is 13.2 Å². The zero-order chi connectivity index (χ0) is 23.8. The van der Waals surface area contributed by atoms with E-state index in [1.807, 2.05) is 25.1 Å². The summed E-state index contributed by atoms with van der Waals surface area (Å²) >= 11 is 0. The predicted molar refractivity (Wildman–Crippen MR) is 138 cm³/mol. The third-order valence-corrected chi connectivity index (χ3v) is 5.99. The third kappa shape index (κ3) is 17.6. The van der Waals surface area contributed by atoms with Gasteiger partial charge in [0.15, 0.2) is 0 Å². The van der Waals surface area contributed by atoms with Gasteiger partial charge in [-0.3, -0.25) is 0 Å². The molecule has 0 aliphatic heterocycles. The lowest BCUT2D eigenvalue weighted by Crippen LogP contribution is -2.32. The molecule has 0 aromatic heterocycles. The number of carbonyl (C=O) groups is 1. The van der Waals surface area contributed by atoms with Crippen molar-refractivity contribution < 1.29 is 19.0 Å². The number of hydrogen-bond donors (Lipinski definition) is 0. The summed E-state index contributed by atoms with van der Waals surface area (Å²) in [6.45, 7) is 4.94. The maximum absolute atomic E-state index is 12.2. The molecule has 0 aliphatic carbocycles. The normalized spacial score (nSPS) is 11.9. The fourth-order valence-corrected chi connectivity index (χ4v) is 3.99. The summed E-state index contributed by atoms with van der Waals surface area (Å²) in [7, 11) is 0. The molecule has 0 heterocycles. The van der Waals surface area contributed by atoms with Crippen molar-refractivity contribution in [2.45, 2.75) is 129 Å². The van der Waals surface area contributed by atoms with Crippen LogP contribution in [-0.4, -0.2) is 25.5 Å². The fourth-order valence-electron chi connectivity index (χ4n) is 3.99. The summed E-state index contributed by atoms with van der Waals surface area (Å²) in [5, 5.41) is 0. The molecule has 1 unspecified atom stereocenters. The molecule has 1 atom stereocenters. The van der Waals surface area contributed by atoms with Crippen molar-refractivity contribution in [3.8, 4) is 5.75 Å². The van der Waals surface area contributed by atoms with Crippen LogP contribution in [0.1, 0.15) is 123 Å². The first-order valence-electron chi connectivity index (χ1n) is 13.8. The van der Waals surface area contributed by atoms with Gasteiger partial charge in [-0.2, -0.15) is 0 Å². The lowest BCUT2D eigenvalue weighted by atomic mass is 10.0. The van der Waals surface area contributed by atoms with Gasteiger partial charge in [-0.05, 0) is 25.5 Å². The van der Waals surface area contributed by atoms with Crippen molar-refractivity contribution in [3.63, 3.8) is 0 Å². The standard InChI is InChI=1S/C29H50O4/c1-3-5-6-7-8-9-10-11-12-13-14-15-16-17-18-19-23-26-32-28(30)29(31-4-2)33-27-24-21-20-22-25-27/h20-22,24-25,29H,3-19,23,26H2,1-2H3. The summed E-state index contributed by atoms with van der Waals surface area (Å²) < 4.78 is 16.4. The van der Waals surface area contributed by atoms with Gasteiger partial charge in [0.25, 0.3) is 6.29 Å². The monoisotopic (exact) mass is 462 g/mol. The molecule has 33 heavy (non-hydrogen) atoms. The number of hydrogen-bond acceptors (Lipinski definition) is 4. The van der Waals surface area contributed by atoms with Crippen molar-refractivity contribution in [2.24, 2.45) is 0 Å². The summed E-state index contributed by atoms with van der Waals surface area (Å²) in [5.41, 5.74) is 0. The zero-order valence-electron chi connectivity index (χ0n) is 21.5. The van der Waals surface area contributed by atoms with Gasteiger partial charge in [-0.25, -0.2) is 4.79 Å². The van der Waals surface area contributed by atoms with Crippen molar-refractivity contribution in [1.29, 1.82) is 0 Å². The molecule has 4 heteroatoms. The van der Waals surface area contributed by atoms with Crippen LogP contribution in [0, 0.1) is 0 Å². The van der Waals surface area contributed by atoms with Crippen molar-refractivity contribution in [3.05, 3.63) is 30.3 Å². The third-order valence-electron chi connectivity index (χ3n) is 5.99. The molecule has 4 nitrogen and oxygen atoms in total. The van der Waals surface area contributed by atoms with Gasteiger partial charge in [0, 0.05) is 6.61 Å². The molecule has 190 valence electrons. The van der Waals surface area contributed by atoms with E-state index >= 15 is 0 Å². The molecule has 0 spiro atoms. The number of ether oxygens (including phenoxy) is 3. The van der Waals surface area contributed by atoms with E-state index in [-0.39, 0.29) is 0 Å². The van der Waals surface area contributed by atoms with Crippen molar-refractivity contribution in [1.82, 2.24) is 0 Å². The Labute approximate surface area is 203 Å². The highest BCUT2D eigenvalue weighted by atomic mass is 16.7. The number of esters is 1. The number of rotatable bonds is 23. The highest BCUT2D eigenvalue weighted by molar-refractivity contribution is 5.73. The highest BCUT2D eigenvalue weighted by Crippen LogP contribution is 2.15. The van der Waals surface area contributed by atoms with E-state index in [4.69, 9.17) is 14.2 Å². The number of para-hydroxylation sites is 1. The molecule has 0 fully saturated rings. The van der Waals surface area contributed by atoms with Gasteiger partial charge in [0.2, 0.25) is 0 Å². The molecule has 0 radical (unpaired) electrons. The summed E-state index contributed by atoms with van der Waals surface area (Å²) in [6.07, 6.45) is 21.7. The Morgan fingerprint density at radius 1 is 0.667 bits per heavy atom. The van der Waals surface area contributed by atoms with E-state index in [0.29, 0.717) is 19.0 Å². The first-order valence-corrected chi connectivity index (χ1v) is 13.8. The lowest BCUT2D eigenvalue weighted by Gasteiger charge is -2.17. The quantitative estimate of drug-likeness (QED) is 0.0927. The second kappa shape index (κ2) is 22.3. The van der Waals surface area contributed by atoms with Crippen LogP contribution in [0.4, 0.5) is 0 Å². The smallest absolute Gasteiger partial charge is 0.376 e. The Morgan fingerprint density at radius 2 is 1.12 bits per heavy atom. The highest BCUT2D eigenvalue weighted by Gasteiger charge is 2.22. The van der Waals surface area contributed by atoms with Gasteiger partial charge >= 0.3 is 5.97 Å². The minimum atomic E-state index is -0.997. The van der Waals surface area contributed by atoms with Gasteiger partial charge in [-0.15, -0.1) is 0 Å². The molecule has 0 saturated heterocycles. The first-order chi connectivity index (χ1) is 16.3. The minimum absolute atomic E-state index is 0.395. The van der Waals surface area contributed by atoms with Crippen LogP contribution in [0.2, 0.25) is 0 Å². The second-order valence-electron chi connectivity index (χ2n) is 9.04. The Bertz CT molecular complexity index is 546. The van der Waals surface area contributed by atoms with E-state index in [0.717, 1.165) is 12.8 Å². The van der Waals surface area contributed by atoms with Gasteiger partial charge in [0.05, 0.1) is 6.61 Å². The van der Waals surface area contributed by atoms with Crippen LogP contribution < -0.4 is 4.74 Å². The minimum Gasteiger partial charge on any atom is -0.461 e. The largest absolute Gasteiger partial charge is 0.461 e. The van der Waals surface area contributed by atoms with Crippen LogP contribution in [0.3, 0.4) is 0 Å². The Hall–Kier alpha value is -1.55. The average Bonchev–Trinajstić information content (AvgIpc) is 2.83. The molecular weight excluding hydrogens is 412 g/mol. The predicted octanol–water partition coefficient (Wildman–Crippen LogP) is 8.62. The molecule has 0 bridgehead atoms. The van der Waals surface area contributed by atoms with E-state index in [9.17, 15) is 4.79 Å². The molecule has 1 aromatic rings. The zero-order valence-corrected chi connectivity index (χ0v) is 21.5. The van der Waals surface area contributed by atoms with Crippen LogP contribution in [-0.2, 0) is 14.3 Å². The second-order valence-corrected chi connectivity index (χ2v) is 9.04. The maximum Gasteiger partial charge on any atom is 0.376 e. The van der Waals surface area contributed by atoms with Crippen LogP contribution >= 0.6 is 0 Å². The van der Waals surface area contributed by atoms with E-state index in [1.165, 1.54) is 96.3 Å². The Kier molecular flexibility index (Phi) is 19.9. The summed E-state index contributed by atoms with van der Waals surface area (Å²) in [5.74, 6) is 0.155. The van der Waals surface area contributed by atoms with Crippen LogP contribution in [0.5, 0.6) is 5.75 Å². The fraction of sp³-hybridized carbons (Fsp3) is 0.759. The first kappa shape index (κ1) is 29.5. The molecule has 0 saturated carbocycles. The van der Waals surface area contributed by atoms with Crippen LogP contribution in [0.25, 0.3) is 0 Å². The average molecular weight is 463 g/mol.